The Morgan fingerprint density at radius 1 is 1.03 bits per heavy atom. The third-order valence-electron chi connectivity index (χ3n) is 5.91. The maximum atomic E-state index is 14.4. The molecule has 1 spiro atoms. The van der Waals surface area contributed by atoms with Gasteiger partial charge in [0.05, 0.1) is 17.8 Å². The number of benzene rings is 3. The molecule has 0 aliphatic carbocycles. The number of rotatable bonds is 3. The summed E-state index contributed by atoms with van der Waals surface area (Å²) in [4.78, 5) is 29.4. The third kappa shape index (κ3) is 3.05. The minimum atomic E-state index is -1.17. The zero-order valence-electron chi connectivity index (χ0n) is 17.0. The number of carbonyl (C=O) groups excluding carboxylic acids is 2. The van der Waals surface area contributed by atoms with Crippen LogP contribution < -0.4 is 4.90 Å². The van der Waals surface area contributed by atoms with Crippen molar-refractivity contribution < 1.29 is 14.0 Å². The summed E-state index contributed by atoms with van der Waals surface area (Å²) in [6, 6.07) is 21.6. The van der Waals surface area contributed by atoms with E-state index >= 15 is 0 Å². The monoisotopic (exact) mass is 432 g/mol. The number of para-hydroxylation sites is 1. The molecule has 3 aromatic rings. The molecule has 1 saturated heterocycles. The Labute approximate surface area is 184 Å². The highest BCUT2D eigenvalue weighted by Crippen LogP contribution is 2.54. The van der Waals surface area contributed by atoms with Gasteiger partial charge in [0, 0.05) is 17.9 Å². The van der Waals surface area contributed by atoms with Gasteiger partial charge < -0.3 is 9.80 Å². The molecular weight excluding hydrogens is 411 g/mol. The first kappa shape index (κ1) is 19.8. The van der Waals surface area contributed by atoms with E-state index in [1.165, 1.54) is 23.9 Å². The van der Waals surface area contributed by atoms with Crippen LogP contribution in [0.15, 0.2) is 72.8 Å². The van der Waals surface area contributed by atoms with Crippen molar-refractivity contribution in [1.82, 2.24) is 4.90 Å². The van der Waals surface area contributed by atoms with Gasteiger partial charge in [-0.25, -0.2) is 4.39 Å². The second kappa shape index (κ2) is 7.54. The van der Waals surface area contributed by atoms with Crippen LogP contribution >= 0.6 is 11.8 Å². The molecule has 6 heteroatoms. The maximum absolute atomic E-state index is 14.4. The lowest BCUT2D eigenvalue weighted by Gasteiger charge is -2.33. The van der Waals surface area contributed by atoms with Crippen molar-refractivity contribution in [2.75, 3.05) is 17.2 Å². The fraction of sp³-hybridized carbons (Fsp3) is 0.200. The summed E-state index contributed by atoms with van der Waals surface area (Å²) in [5, 5.41) is 0. The molecule has 5 rings (SSSR count). The minimum Gasteiger partial charge on any atom is -0.311 e. The number of anilines is 1. The van der Waals surface area contributed by atoms with Gasteiger partial charge in [-0.05, 0) is 30.7 Å². The van der Waals surface area contributed by atoms with E-state index in [1.807, 2.05) is 55.5 Å². The van der Waals surface area contributed by atoms with Crippen molar-refractivity contribution in [1.29, 1.82) is 0 Å². The molecule has 0 unspecified atom stereocenters. The number of thioether (sulfide) groups is 1. The van der Waals surface area contributed by atoms with Crippen molar-refractivity contribution in [2.45, 2.75) is 18.3 Å². The number of hydrogen-bond donors (Lipinski definition) is 0. The molecule has 0 aromatic heterocycles. The summed E-state index contributed by atoms with van der Waals surface area (Å²) < 4.78 is 14.4. The molecule has 1 fully saturated rings. The Morgan fingerprint density at radius 2 is 1.74 bits per heavy atom. The van der Waals surface area contributed by atoms with Gasteiger partial charge in [-0.1, -0.05) is 60.2 Å². The predicted octanol–water partition coefficient (Wildman–Crippen LogP) is 4.72. The molecule has 31 heavy (non-hydrogen) atoms. The van der Waals surface area contributed by atoms with Crippen LogP contribution in [0, 0.1) is 12.7 Å². The SMILES string of the molecule is Cc1ccc(CN2C(=O)[C@@]3(SCCN3C(=O)c3ccccc3F)c3ccccc32)cc1. The van der Waals surface area contributed by atoms with Gasteiger partial charge >= 0.3 is 0 Å². The van der Waals surface area contributed by atoms with Gasteiger partial charge in [-0.3, -0.25) is 9.59 Å². The van der Waals surface area contributed by atoms with E-state index in [4.69, 9.17) is 0 Å². The molecule has 156 valence electrons. The number of fused-ring (bicyclic) bond motifs is 2. The molecule has 0 N–H and O–H groups in total. The van der Waals surface area contributed by atoms with Gasteiger partial charge in [0.25, 0.3) is 11.8 Å². The van der Waals surface area contributed by atoms with E-state index in [-0.39, 0.29) is 11.5 Å². The second-order valence-electron chi connectivity index (χ2n) is 7.82. The van der Waals surface area contributed by atoms with Crippen molar-refractivity contribution in [3.8, 4) is 0 Å². The molecule has 2 aliphatic heterocycles. The van der Waals surface area contributed by atoms with Crippen LogP contribution in [0.5, 0.6) is 0 Å². The lowest BCUT2D eigenvalue weighted by Crippen LogP contribution is -2.50. The summed E-state index contributed by atoms with van der Waals surface area (Å²) in [5.41, 5.74) is 3.75. The van der Waals surface area contributed by atoms with E-state index in [9.17, 15) is 14.0 Å². The van der Waals surface area contributed by atoms with Crippen LogP contribution in [-0.4, -0.2) is 29.0 Å². The van der Waals surface area contributed by atoms with Crippen LogP contribution in [0.4, 0.5) is 10.1 Å². The molecule has 0 radical (unpaired) electrons. The van der Waals surface area contributed by atoms with Gasteiger partial charge in [0.2, 0.25) is 0 Å². The van der Waals surface area contributed by atoms with Gasteiger partial charge in [-0.15, -0.1) is 11.8 Å². The van der Waals surface area contributed by atoms with Crippen molar-refractivity contribution in [3.63, 3.8) is 0 Å². The number of aryl methyl sites for hydroxylation is 1. The van der Waals surface area contributed by atoms with Crippen molar-refractivity contribution in [3.05, 3.63) is 101 Å². The van der Waals surface area contributed by atoms with Crippen molar-refractivity contribution >= 4 is 29.3 Å². The van der Waals surface area contributed by atoms with Crippen LogP contribution in [0.3, 0.4) is 0 Å². The Kier molecular flexibility index (Phi) is 4.82. The van der Waals surface area contributed by atoms with Crippen LogP contribution in [-0.2, 0) is 16.2 Å². The minimum absolute atomic E-state index is 0.00774. The summed E-state index contributed by atoms with van der Waals surface area (Å²) in [6.07, 6.45) is 0. The zero-order valence-corrected chi connectivity index (χ0v) is 17.9. The van der Waals surface area contributed by atoms with E-state index in [2.05, 4.69) is 0 Å². The predicted molar refractivity (Wildman–Crippen MR) is 120 cm³/mol. The first-order chi connectivity index (χ1) is 15.0. The van der Waals surface area contributed by atoms with Crippen LogP contribution in [0.1, 0.15) is 27.0 Å². The average Bonchev–Trinajstić information content (AvgIpc) is 3.32. The molecule has 0 saturated carbocycles. The molecule has 0 bridgehead atoms. The Hall–Kier alpha value is -3.12. The highest BCUT2D eigenvalue weighted by Gasteiger charge is 2.59. The third-order valence-corrected chi connectivity index (χ3v) is 7.33. The highest BCUT2D eigenvalue weighted by molar-refractivity contribution is 8.01. The van der Waals surface area contributed by atoms with Crippen LogP contribution in [0.2, 0.25) is 0 Å². The van der Waals surface area contributed by atoms with Gasteiger partial charge in [0.1, 0.15) is 5.82 Å². The van der Waals surface area contributed by atoms with Crippen LogP contribution in [0.25, 0.3) is 0 Å². The zero-order chi connectivity index (χ0) is 21.6. The molecule has 3 aromatic carbocycles. The highest BCUT2D eigenvalue weighted by atomic mass is 32.2. The topological polar surface area (TPSA) is 40.6 Å². The first-order valence-corrected chi connectivity index (χ1v) is 11.2. The molecule has 2 amide bonds. The lowest BCUT2D eigenvalue weighted by atomic mass is 10.0. The number of amides is 2. The normalized spacial score (nSPS) is 19.9. The number of halogens is 1. The smallest absolute Gasteiger partial charge is 0.268 e. The fourth-order valence-electron chi connectivity index (χ4n) is 4.38. The van der Waals surface area contributed by atoms with E-state index in [0.29, 0.717) is 18.8 Å². The summed E-state index contributed by atoms with van der Waals surface area (Å²) >= 11 is 1.45. The van der Waals surface area contributed by atoms with Gasteiger partial charge in [0.15, 0.2) is 4.87 Å². The summed E-state index contributed by atoms with van der Waals surface area (Å²) in [6.45, 7) is 2.83. The fourth-order valence-corrected chi connectivity index (χ4v) is 5.84. The molecule has 2 heterocycles. The maximum Gasteiger partial charge on any atom is 0.268 e. The first-order valence-electron chi connectivity index (χ1n) is 10.2. The van der Waals surface area contributed by atoms with E-state index in [0.717, 1.165) is 22.4 Å². The van der Waals surface area contributed by atoms with Gasteiger partial charge in [-0.2, -0.15) is 0 Å². The number of nitrogens with zero attached hydrogens (tertiary/aromatic N) is 2. The average molecular weight is 433 g/mol. The molecule has 1 atom stereocenters. The second-order valence-corrected chi connectivity index (χ2v) is 9.11. The summed E-state index contributed by atoms with van der Waals surface area (Å²) in [5.74, 6) is -0.571. The standard InChI is InChI=1S/C25H21FN2O2S/c1-17-10-12-18(13-11-17)16-27-22-9-5-3-7-20(22)25(24(27)30)28(14-15-31-25)23(29)19-6-2-4-8-21(19)26/h2-13H,14-16H2,1H3/t25-/m0/s1. The Bertz CT molecular complexity index is 1180. The van der Waals surface area contributed by atoms with E-state index < -0.39 is 16.6 Å². The molecule has 4 nitrogen and oxygen atoms in total. The molecular formula is C25H21FN2O2S. The Balaban J connectivity index is 1.58. The number of carbonyl (C=O) groups is 2. The van der Waals surface area contributed by atoms with Crippen molar-refractivity contribution in [2.24, 2.45) is 0 Å². The largest absolute Gasteiger partial charge is 0.311 e. The summed E-state index contributed by atoms with van der Waals surface area (Å²) in [7, 11) is 0. The quantitative estimate of drug-likeness (QED) is 0.601. The number of hydrogen-bond acceptors (Lipinski definition) is 3. The lowest BCUT2D eigenvalue weighted by molar-refractivity contribution is -0.123. The molecule has 2 aliphatic rings. The Morgan fingerprint density at radius 3 is 2.52 bits per heavy atom. The van der Waals surface area contributed by atoms with E-state index in [1.54, 1.807) is 21.9 Å².